The molecule has 0 amide bonds. The lowest BCUT2D eigenvalue weighted by Crippen LogP contribution is -2.15. The molecular weight excluding hydrogens is 461 g/mol. The minimum absolute atomic E-state index is 0.283. The highest BCUT2D eigenvalue weighted by atomic mass is 19.1. The molecule has 0 aliphatic rings. The van der Waals surface area contributed by atoms with Crippen molar-refractivity contribution in [1.82, 2.24) is 25.5 Å². The van der Waals surface area contributed by atoms with E-state index in [2.05, 4.69) is 46.7 Å². The van der Waals surface area contributed by atoms with Crippen LogP contribution in [0.25, 0.3) is 33.6 Å². The maximum absolute atomic E-state index is 14.0. The van der Waals surface area contributed by atoms with E-state index in [1.807, 2.05) is 56.3 Å². The Morgan fingerprint density at radius 1 is 1.16 bits per heavy atom. The van der Waals surface area contributed by atoms with Gasteiger partial charge in [0.25, 0.3) is 0 Å². The molecule has 0 bridgehead atoms. The Hall–Kier alpha value is -4.29. The van der Waals surface area contributed by atoms with Gasteiger partial charge in [0.05, 0.1) is 16.9 Å². The quantitative estimate of drug-likeness (QED) is 0.206. The molecule has 4 rings (SSSR count). The third-order valence-corrected chi connectivity index (χ3v) is 6.18. The predicted molar refractivity (Wildman–Crippen MR) is 153 cm³/mol. The average Bonchev–Trinajstić information content (AvgIpc) is 3.50. The molecule has 0 saturated heterocycles. The number of nitrogens with zero attached hydrogens (tertiary/aromatic N) is 2. The van der Waals surface area contributed by atoms with E-state index in [-0.39, 0.29) is 5.82 Å². The summed E-state index contributed by atoms with van der Waals surface area (Å²) in [5.41, 5.74) is 9.65. The Morgan fingerprint density at radius 3 is 2.70 bits per heavy atom. The number of hydrogen-bond acceptors (Lipinski definition) is 3. The third kappa shape index (κ3) is 5.60. The molecule has 6 heteroatoms. The lowest BCUT2D eigenvalue weighted by Gasteiger charge is -2.07. The van der Waals surface area contributed by atoms with Crippen LogP contribution in [0, 0.1) is 12.7 Å². The highest BCUT2D eigenvalue weighted by molar-refractivity contribution is 5.92. The van der Waals surface area contributed by atoms with Gasteiger partial charge in [0.15, 0.2) is 0 Å². The molecule has 0 unspecified atom stereocenters. The monoisotopic (exact) mass is 493 g/mol. The molecule has 5 nitrogen and oxygen atoms in total. The van der Waals surface area contributed by atoms with Crippen LogP contribution in [0.1, 0.15) is 36.4 Å². The largest absolute Gasteiger partial charge is 0.357 e. The summed E-state index contributed by atoms with van der Waals surface area (Å²) >= 11 is 0. The van der Waals surface area contributed by atoms with Crippen LogP contribution in [-0.2, 0) is 0 Å². The highest BCUT2D eigenvalue weighted by Crippen LogP contribution is 2.33. The first kappa shape index (κ1) is 25.8. The molecule has 0 aliphatic carbocycles. The Balaban J connectivity index is 1.76. The number of aromatic nitrogens is 4. The maximum atomic E-state index is 14.0. The number of aromatic amines is 2. The lowest BCUT2D eigenvalue weighted by molar-refractivity contribution is 0.627. The van der Waals surface area contributed by atoms with Crippen LogP contribution in [0.5, 0.6) is 0 Å². The molecule has 3 N–H and O–H groups in total. The fourth-order valence-electron chi connectivity index (χ4n) is 4.28. The first-order valence-corrected chi connectivity index (χ1v) is 12.3. The normalized spacial score (nSPS) is 12.8. The van der Waals surface area contributed by atoms with Crippen LogP contribution in [0.4, 0.5) is 4.39 Å². The summed E-state index contributed by atoms with van der Waals surface area (Å²) in [4.78, 5) is 8.43. The minimum Gasteiger partial charge on any atom is -0.357 e. The SMILES string of the molecule is C=C/C=C(/c1cccc(F)c1)c1cc(-c2n[nH]c3ccc(C(/C=C(\C=C)CNCC)=C/C)nc23)[nH]c1C. The number of benzene rings is 1. The fraction of sp³-hybridized carbons (Fsp3) is 0.161. The van der Waals surface area contributed by atoms with Crippen molar-refractivity contribution in [3.8, 4) is 11.4 Å². The summed E-state index contributed by atoms with van der Waals surface area (Å²) in [7, 11) is 0. The van der Waals surface area contributed by atoms with Crippen molar-refractivity contribution in [3.05, 3.63) is 120 Å². The number of rotatable bonds is 10. The summed E-state index contributed by atoms with van der Waals surface area (Å²) in [5, 5.41) is 11.0. The zero-order valence-electron chi connectivity index (χ0n) is 21.5. The Kier molecular flexibility index (Phi) is 8.11. The van der Waals surface area contributed by atoms with Crippen molar-refractivity contribution in [1.29, 1.82) is 0 Å². The van der Waals surface area contributed by atoms with Gasteiger partial charge in [-0.25, -0.2) is 9.37 Å². The Morgan fingerprint density at radius 2 is 2.00 bits per heavy atom. The van der Waals surface area contributed by atoms with Crippen LogP contribution >= 0.6 is 0 Å². The second-order valence-corrected chi connectivity index (χ2v) is 8.66. The van der Waals surface area contributed by atoms with Gasteiger partial charge in [-0.1, -0.05) is 56.5 Å². The number of aryl methyl sites for hydroxylation is 1. The molecule has 0 radical (unpaired) electrons. The predicted octanol–water partition coefficient (Wildman–Crippen LogP) is 7.14. The molecule has 1 aromatic carbocycles. The van der Waals surface area contributed by atoms with Gasteiger partial charge in [-0.15, -0.1) is 0 Å². The van der Waals surface area contributed by atoms with Crippen LogP contribution in [0.15, 0.2) is 91.6 Å². The van der Waals surface area contributed by atoms with Gasteiger partial charge in [0, 0.05) is 17.8 Å². The fourth-order valence-corrected chi connectivity index (χ4v) is 4.28. The number of likely N-dealkylation sites (N-methyl/N-ethyl adjacent to an activating group) is 1. The molecule has 3 aromatic heterocycles. The Labute approximate surface area is 217 Å². The molecule has 0 atom stereocenters. The van der Waals surface area contributed by atoms with Gasteiger partial charge in [0.2, 0.25) is 0 Å². The van der Waals surface area contributed by atoms with Gasteiger partial charge in [-0.3, -0.25) is 5.10 Å². The van der Waals surface area contributed by atoms with Crippen molar-refractivity contribution in [2.75, 3.05) is 13.1 Å². The van der Waals surface area contributed by atoms with E-state index >= 15 is 0 Å². The molecule has 0 fully saturated rings. The van der Waals surface area contributed by atoms with Crippen molar-refractivity contribution in [2.24, 2.45) is 0 Å². The first-order valence-electron chi connectivity index (χ1n) is 12.3. The molecule has 188 valence electrons. The number of hydrogen-bond donors (Lipinski definition) is 3. The van der Waals surface area contributed by atoms with E-state index in [0.29, 0.717) is 0 Å². The number of H-pyrrole nitrogens is 2. The molecule has 37 heavy (non-hydrogen) atoms. The van der Waals surface area contributed by atoms with E-state index in [0.717, 1.165) is 74.7 Å². The third-order valence-electron chi connectivity index (χ3n) is 6.18. The van der Waals surface area contributed by atoms with Crippen molar-refractivity contribution in [2.45, 2.75) is 20.8 Å². The van der Waals surface area contributed by atoms with Crippen LogP contribution in [0.3, 0.4) is 0 Å². The molecule has 0 saturated carbocycles. The smallest absolute Gasteiger partial charge is 0.135 e. The van der Waals surface area contributed by atoms with Crippen LogP contribution < -0.4 is 5.32 Å². The van der Waals surface area contributed by atoms with Crippen molar-refractivity contribution >= 4 is 22.2 Å². The van der Waals surface area contributed by atoms with Crippen molar-refractivity contribution < 1.29 is 4.39 Å². The number of fused-ring (bicyclic) bond motifs is 1. The van der Waals surface area contributed by atoms with Gasteiger partial charge in [-0.05, 0) is 79.1 Å². The van der Waals surface area contributed by atoms with E-state index < -0.39 is 0 Å². The second kappa shape index (κ2) is 11.6. The first-order chi connectivity index (χ1) is 18.0. The number of allylic oxidation sites excluding steroid dienone is 5. The summed E-state index contributed by atoms with van der Waals surface area (Å²) in [6, 6.07) is 12.6. The molecule has 0 spiro atoms. The molecule has 3 heterocycles. The number of halogens is 1. The molecule has 0 aliphatic heterocycles. The summed E-state index contributed by atoms with van der Waals surface area (Å²) in [6.07, 6.45) is 9.62. The van der Waals surface area contributed by atoms with Crippen LogP contribution in [0.2, 0.25) is 0 Å². The second-order valence-electron chi connectivity index (χ2n) is 8.66. The number of nitrogens with one attached hydrogen (secondary N) is 3. The van der Waals surface area contributed by atoms with Gasteiger partial charge >= 0.3 is 0 Å². The number of pyridine rings is 1. The molecule has 4 aromatic rings. The molecular formula is C31H32FN5. The minimum atomic E-state index is -0.283. The Bertz CT molecular complexity index is 1530. The van der Waals surface area contributed by atoms with Crippen molar-refractivity contribution in [3.63, 3.8) is 0 Å². The van der Waals surface area contributed by atoms with Gasteiger partial charge in [0.1, 0.15) is 17.0 Å². The van der Waals surface area contributed by atoms with E-state index in [1.165, 1.54) is 12.1 Å². The maximum Gasteiger partial charge on any atom is 0.135 e. The summed E-state index contributed by atoms with van der Waals surface area (Å²) in [6.45, 7) is 15.5. The summed E-state index contributed by atoms with van der Waals surface area (Å²) < 4.78 is 14.0. The highest BCUT2D eigenvalue weighted by Gasteiger charge is 2.17. The van der Waals surface area contributed by atoms with Gasteiger partial charge in [-0.2, -0.15) is 5.10 Å². The van der Waals surface area contributed by atoms with E-state index in [4.69, 9.17) is 4.98 Å². The zero-order valence-corrected chi connectivity index (χ0v) is 21.5. The van der Waals surface area contributed by atoms with Gasteiger partial charge < -0.3 is 10.3 Å². The van der Waals surface area contributed by atoms with Crippen LogP contribution in [-0.4, -0.2) is 33.3 Å². The van der Waals surface area contributed by atoms with E-state index in [1.54, 1.807) is 12.1 Å². The zero-order chi connectivity index (χ0) is 26.4. The lowest BCUT2D eigenvalue weighted by atomic mass is 9.97. The standard InChI is InChI=1S/C31H32FN5/c1-6-11-25(23-12-10-13-24(32)17-23)26-18-29(34-20(26)5)31-30-28(36-37-31)15-14-27(35-30)22(8-3)16-21(7-2)19-33-9-4/h6-8,10-18,33-34H,1-2,9,19H2,3-5H3,(H,36,37)/b21-16+,22-8+,25-11-. The summed E-state index contributed by atoms with van der Waals surface area (Å²) in [5.74, 6) is -0.283. The topological polar surface area (TPSA) is 69.4 Å². The average molecular weight is 494 g/mol. The van der Waals surface area contributed by atoms with E-state index in [9.17, 15) is 4.39 Å².